The van der Waals surface area contributed by atoms with Crippen LogP contribution in [-0.2, 0) is 28.7 Å². The Morgan fingerprint density at radius 1 is 1.20 bits per heavy atom. The summed E-state index contributed by atoms with van der Waals surface area (Å²) < 4.78 is 42.9. The molecular weight excluding hydrogens is 271 g/mol. The Kier molecular flexibility index (Phi) is 4.81. The van der Waals surface area contributed by atoms with Crippen LogP contribution in [0.25, 0.3) is 0 Å². The highest BCUT2D eigenvalue weighted by Gasteiger charge is 2.31. The van der Waals surface area contributed by atoms with Crippen LogP contribution in [0.15, 0.2) is 18.2 Å². The second-order valence-electron chi connectivity index (χ2n) is 5.45. The second-order valence-corrected chi connectivity index (χ2v) is 5.45. The number of hydrogen-bond acceptors (Lipinski definition) is 3. The van der Waals surface area contributed by atoms with Gasteiger partial charge < -0.3 is 10.5 Å². The lowest BCUT2D eigenvalue weighted by Gasteiger charge is -2.20. The first kappa shape index (κ1) is 16.5. The quantitative estimate of drug-likeness (QED) is 0.870. The lowest BCUT2D eigenvalue weighted by molar-refractivity contribution is -0.153. The first-order valence-corrected chi connectivity index (χ1v) is 6.14. The maximum Gasteiger partial charge on any atom is 0.416 e. The lowest BCUT2D eigenvalue weighted by atomic mass is 10.0. The van der Waals surface area contributed by atoms with Gasteiger partial charge in [-0.1, -0.05) is 6.07 Å². The summed E-state index contributed by atoms with van der Waals surface area (Å²) in [6.07, 6.45) is -4.52. The van der Waals surface area contributed by atoms with Gasteiger partial charge >= 0.3 is 12.1 Å². The maximum atomic E-state index is 12.6. The third kappa shape index (κ3) is 4.85. The number of carbonyl (C=O) groups is 1. The number of ether oxygens (including phenoxy) is 1. The van der Waals surface area contributed by atoms with E-state index >= 15 is 0 Å². The average Bonchev–Trinajstić information content (AvgIpc) is 2.25. The maximum absolute atomic E-state index is 12.6. The highest BCUT2D eigenvalue weighted by atomic mass is 19.4. The largest absolute Gasteiger partial charge is 0.460 e. The number of nitrogens with two attached hydrogens (primary N) is 1. The number of halogens is 3. The molecule has 1 aromatic rings. The van der Waals surface area contributed by atoms with Crippen LogP contribution in [0.2, 0.25) is 0 Å². The molecule has 0 saturated carbocycles. The molecule has 2 N–H and O–H groups in total. The molecule has 0 unspecified atom stereocenters. The molecule has 0 saturated heterocycles. The molecule has 0 spiro atoms. The minimum Gasteiger partial charge on any atom is -0.460 e. The van der Waals surface area contributed by atoms with Crippen LogP contribution < -0.4 is 5.73 Å². The molecule has 3 nitrogen and oxygen atoms in total. The molecule has 0 fully saturated rings. The van der Waals surface area contributed by atoms with Gasteiger partial charge in [0.2, 0.25) is 0 Å². The van der Waals surface area contributed by atoms with Crippen molar-refractivity contribution < 1.29 is 22.7 Å². The van der Waals surface area contributed by atoms with E-state index in [0.29, 0.717) is 11.1 Å². The summed E-state index contributed by atoms with van der Waals surface area (Å²) in [5.74, 6) is -0.494. The van der Waals surface area contributed by atoms with Gasteiger partial charge in [-0.15, -0.1) is 0 Å². The monoisotopic (exact) mass is 289 g/mol. The van der Waals surface area contributed by atoms with Crippen LogP contribution in [0.5, 0.6) is 0 Å². The van der Waals surface area contributed by atoms with E-state index in [4.69, 9.17) is 10.5 Å². The molecule has 1 aromatic carbocycles. The predicted molar refractivity (Wildman–Crippen MR) is 68.9 cm³/mol. The fraction of sp³-hybridized carbons (Fsp3) is 0.500. The van der Waals surface area contributed by atoms with Gasteiger partial charge in [0.1, 0.15) is 5.60 Å². The van der Waals surface area contributed by atoms with Crippen molar-refractivity contribution in [3.8, 4) is 0 Å². The van der Waals surface area contributed by atoms with E-state index < -0.39 is 23.3 Å². The third-order valence-electron chi connectivity index (χ3n) is 2.51. The summed E-state index contributed by atoms with van der Waals surface area (Å²) >= 11 is 0. The molecule has 112 valence electrons. The Balaban J connectivity index is 2.94. The number of esters is 1. The number of carbonyl (C=O) groups excluding carboxylic acids is 1. The summed E-state index contributed by atoms with van der Waals surface area (Å²) in [5.41, 5.74) is 4.79. The van der Waals surface area contributed by atoms with Crippen LogP contribution in [0.4, 0.5) is 13.2 Å². The summed E-state index contributed by atoms with van der Waals surface area (Å²) in [5, 5.41) is 0. The fourth-order valence-electron chi connectivity index (χ4n) is 1.70. The van der Waals surface area contributed by atoms with Crippen LogP contribution in [-0.4, -0.2) is 11.6 Å². The Labute approximate surface area is 115 Å². The SMILES string of the molecule is CC(C)(C)OC(=O)Cc1ccc(C(F)(F)F)cc1CN. The van der Waals surface area contributed by atoms with Gasteiger partial charge in [-0.2, -0.15) is 13.2 Å². The highest BCUT2D eigenvalue weighted by molar-refractivity contribution is 5.73. The lowest BCUT2D eigenvalue weighted by Crippen LogP contribution is -2.25. The Morgan fingerprint density at radius 2 is 1.80 bits per heavy atom. The molecule has 0 aliphatic carbocycles. The smallest absolute Gasteiger partial charge is 0.416 e. The zero-order valence-electron chi connectivity index (χ0n) is 11.7. The van der Waals surface area contributed by atoms with Crippen molar-refractivity contribution in [3.63, 3.8) is 0 Å². The van der Waals surface area contributed by atoms with Crippen LogP contribution in [0.3, 0.4) is 0 Å². The standard InChI is InChI=1S/C14H18F3NO2/c1-13(2,3)20-12(19)7-9-4-5-11(14(15,16)17)6-10(9)8-18/h4-6H,7-8,18H2,1-3H3. The molecule has 0 aromatic heterocycles. The Morgan fingerprint density at radius 3 is 2.25 bits per heavy atom. The summed E-state index contributed by atoms with van der Waals surface area (Å²) in [6, 6.07) is 3.19. The minimum absolute atomic E-state index is 0.0674. The normalized spacial score (nSPS) is 12.3. The van der Waals surface area contributed by atoms with Crippen molar-refractivity contribution in [2.45, 2.75) is 45.5 Å². The van der Waals surface area contributed by atoms with E-state index in [2.05, 4.69) is 0 Å². The van der Waals surface area contributed by atoms with Crippen molar-refractivity contribution in [2.75, 3.05) is 0 Å². The van der Waals surface area contributed by atoms with Gasteiger partial charge in [-0.3, -0.25) is 4.79 Å². The zero-order chi connectivity index (χ0) is 15.6. The van der Waals surface area contributed by atoms with Gasteiger partial charge in [0.15, 0.2) is 0 Å². The molecular formula is C14H18F3NO2. The molecule has 0 atom stereocenters. The van der Waals surface area contributed by atoms with E-state index in [1.807, 2.05) is 0 Å². The molecule has 0 radical (unpaired) electrons. The van der Waals surface area contributed by atoms with Crippen LogP contribution in [0, 0.1) is 0 Å². The molecule has 1 rings (SSSR count). The molecule has 20 heavy (non-hydrogen) atoms. The van der Waals surface area contributed by atoms with Gasteiger partial charge in [0.05, 0.1) is 12.0 Å². The van der Waals surface area contributed by atoms with Crippen molar-refractivity contribution >= 4 is 5.97 Å². The number of benzene rings is 1. The van der Waals surface area contributed by atoms with Crippen molar-refractivity contribution in [1.82, 2.24) is 0 Å². The average molecular weight is 289 g/mol. The molecule has 0 bridgehead atoms. The topological polar surface area (TPSA) is 52.3 Å². The Bertz CT molecular complexity index is 490. The van der Waals surface area contributed by atoms with Crippen LogP contribution in [0.1, 0.15) is 37.5 Å². The molecule has 0 aliphatic heterocycles. The highest BCUT2D eigenvalue weighted by Crippen LogP contribution is 2.30. The van der Waals surface area contributed by atoms with Crippen molar-refractivity contribution in [1.29, 1.82) is 0 Å². The second kappa shape index (κ2) is 5.83. The predicted octanol–water partition coefficient (Wildman–Crippen LogP) is 3.05. The number of alkyl halides is 3. The van der Waals surface area contributed by atoms with E-state index in [0.717, 1.165) is 12.1 Å². The first-order chi connectivity index (χ1) is 9.03. The fourth-order valence-corrected chi connectivity index (χ4v) is 1.70. The van der Waals surface area contributed by atoms with E-state index in [9.17, 15) is 18.0 Å². The summed E-state index contributed by atoms with van der Waals surface area (Å²) in [4.78, 5) is 11.7. The summed E-state index contributed by atoms with van der Waals surface area (Å²) in [6.45, 7) is 5.10. The van der Waals surface area contributed by atoms with E-state index in [1.54, 1.807) is 20.8 Å². The molecule has 0 heterocycles. The molecule has 0 amide bonds. The van der Waals surface area contributed by atoms with Crippen molar-refractivity contribution in [2.24, 2.45) is 5.73 Å². The third-order valence-corrected chi connectivity index (χ3v) is 2.51. The Hall–Kier alpha value is -1.56. The molecule has 6 heteroatoms. The van der Waals surface area contributed by atoms with Gasteiger partial charge in [-0.05, 0) is 44.0 Å². The summed E-state index contributed by atoms with van der Waals surface area (Å²) in [7, 11) is 0. The van der Waals surface area contributed by atoms with Crippen LogP contribution >= 0.6 is 0 Å². The van der Waals surface area contributed by atoms with E-state index in [1.165, 1.54) is 6.07 Å². The first-order valence-electron chi connectivity index (χ1n) is 6.14. The molecule has 0 aliphatic rings. The van der Waals surface area contributed by atoms with Gasteiger partial charge in [0.25, 0.3) is 0 Å². The van der Waals surface area contributed by atoms with Gasteiger partial charge in [0, 0.05) is 6.54 Å². The zero-order valence-corrected chi connectivity index (χ0v) is 11.7. The van der Waals surface area contributed by atoms with E-state index in [-0.39, 0.29) is 13.0 Å². The van der Waals surface area contributed by atoms with Gasteiger partial charge in [-0.25, -0.2) is 0 Å². The minimum atomic E-state index is -4.42. The number of hydrogen-bond donors (Lipinski definition) is 1. The van der Waals surface area contributed by atoms with Crippen molar-refractivity contribution in [3.05, 3.63) is 34.9 Å². The number of rotatable bonds is 3.